The molecule has 6 heteroatoms. The third-order valence-corrected chi connectivity index (χ3v) is 3.35. The van der Waals surface area contributed by atoms with Crippen molar-refractivity contribution in [1.29, 1.82) is 0 Å². The molecule has 0 unspecified atom stereocenters. The van der Waals surface area contributed by atoms with Gasteiger partial charge in [-0.25, -0.2) is 0 Å². The Labute approximate surface area is 134 Å². The zero-order valence-electron chi connectivity index (χ0n) is 13.0. The molecule has 1 heterocycles. The summed E-state index contributed by atoms with van der Waals surface area (Å²) < 4.78 is 0. The molecule has 0 aliphatic heterocycles. The number of para-hydroxylation sites is 1. The first-order valence-corrected chi connectivity index (χ1v) is 7.20. The molecule has 3 aromatic rings. The van der Waals surface area contributed by atoms with Crippen LogP contribution < -0.4 is 10.2 Å². The van der Waals surface area contributed by atoms with E-state index in [9.17, 15) is 4.79 Å². The lowest BCUT2D eigenvalue weighted by molar-refractivity contribution is 0.102. The lowest BCUT2D eigenvalue weighted by atomic mass is 10.2. The number of amides is 1. The molecule has 0 fully saturated rings. The van der Waals surface area contributed by atoms with Crippen LogP contribution in [-0.2, 0) is 0 Å². The number of hydrogen-bond acceptors (Lipinski definition) is 4. The molecule has 0 aliphatic rings. The van der Waals surface area contributed by atoms with Crippen molar-refractivity contribution >= 4 is 17.3 Å². The Kier molecular flexibility index (Phi) is 4.05. The van der Waals surface area contributed by atoms with E-state index in [0.29, 0.717) is 0 Å². The Morgan fingerprint density at radius 1 is 1.04 bits per heavy atom. The van der Waals surface area contributed by atoms with Gasteiger partial charge in [0.25, 0.3) is 5.91 Å². The van der Waals surface area contributed by atoms with Crippen molar-refractivity contribution in [2.45, 2.75) is 0 Å². The Morgan fingerprint density at radius 3 is 2.39 bits per heavy atom. The van der Waals surface area contributed by atoms with E-state index in [-0.39, 0.29) is 11.6 Å². The smallest absolute Gasteiger partial charge is 0.277 e. The largest absolute Gasteiger partial charge is 0.378 e. The van der Waals surface area contributed by atoms with Crippen LogP contribution in [0.1, 0.15) is 10.5 Å². The Bertz CT molecular complexity index is 793. The van der Waals surface area contributed by atoms with Crippen molar-refractivity contribution < 1.29 is 4.79 Å². The molecular weight excluding hydrogens is 290 g/mol. The molecule has 0 bridgehead atoms. The molecule has 0 saturated heterocycles. The second-order valence-electron chi connectivity index (χ2n) is 5.25. The highest BCUT2D eigenvalue weighted by molar-refractivity contribution is 6.02. The lowest BCUT2D eigenvalue weighted by Gasteiger charge is -2.12. The van der Waals surface area contributed by atoms with Crippen LogP contribution in [-0.4, -0.2) is 35.0 Å². The second-order valence-corrected chi connectivity index (χ2v) is 5.25. The highest BCUT2D eigenvalue weighted by atomic mass is 16.2. The summed E-state index contributed by atoms with van der Waals surface area (Å²) in [5.74, 6) is -0.287. The van der Waals surface area contributed by atoms with Crippen LogP contribution in [0.25, 0.3) is 5.69 Å². The first-order chi connectivity index (χ1) is 11.1. The van der Waals surface area contributed by atoms with Crippen molar-refractivity contribution in [3.05, 3.63) is 66.5 Å². The van der Waals surface area contributed by atoms with Gasteiger partial charge in [-0.1, -0.05) is 18.2 Å². The second kappa shape index (κ2) is 6.31. The molecule has 23 heavy (non-hydrogen) atoms. The summed E-state index contributed by atoms with van der Waals surface area (Å²) in [5, 5.41) is 11.1. The number of carbonyl (C=O) groups is 1. The van der Waals surface area contributed by atoms with Crippen LogP contribution in [0.5, 0.6) is 0 Å². The van der Waals surface area contributed by atoms with Crippen LogP contribution in [0, 0.1) is 0 Å². The molecule has 0 radical (unpaired) electrons. The SMILES string of the molecule is CN(C)c1ccc(NC(=O)c2cnn(-c3ccccc3)n2)cc1. The van der Waals surface area contributed by atoms with Crippen LogP contribution >= 0.6 is 0 Å². The molecule has 0 saturated carbocycles. The van der Waals surface area contributed by atoms with Gasteiger partial charge in [0, 0.05) is 25.5 Å². The zero-order valence-corrected chi connectivity index (χ0v) is 13.0. The summed E-state index contributed by atoms with van der Waals surface area (Å²) in [4.78, 5) is 15.7. The number of aromatic nitrogens is 3. The quantitative estimate of drug-likeness (QED) is 0.804. The first kappa shape index (κ1) is 14.8. The fraction of sp³-hybridized carbons (Fsp3) is 0.118. The summed E-state index contributed by atoms with van der Waals surface area (Å²) >= 11 is 0. The highest BCUT2D eigenvalue weighted by Gasteiger charge is 2.11. The summed E-state index contributed by atoms with van der Waals surface area (Å²) in [7, 11) is 3.94. The van der Waals surface area contributed by atoms with Gasteiger partial charge in [0.05, 0.1) is 11.9 Å². The van der Waals surface area contributed by atoms with E-state index < -0.39 is 0 Å². The van der Waals surface area contributed by atoms with E-state index in [2.05, 4.69) is 15.5 Å². The van der Waals surface area contributed by atoms with Gasteiger partial charge < -0.3 is 10.2 Å². The van der Waals surface area contributed by atoms with Gasteiger partial charge in [-0.3, -0.25) is 4.79 Å². The standard InChI is InChI=1S/C17H17N5O/c1-21(2)14-10-8-13(9-11-14)19-17(23)16-12-18-22(20-16)15-6-4-3-5-7-15/h3-12H,1-2H3,(H,19,23). The number of carbonyl (C=O) groups excluding carboxylic acids is 1. The molecule has 6 nitrogen and oxygen atoms in total. The number of rotatable bonds is 4. The van der Waals surface area contributed by atoms with E-state index in [1.54, 1.807) is 0 Å². The Morgan fingerprint density at radius 2 is 1.74 bits per heavy atom. The van der Waals surface area contributed by atoms with Crippen LogP contribution in [0.3, 0.4) is 0 Å². The third kappa shape index (κ3) is 3.37. The topological polar surface area (TPSA) is 63.1 Å². The summed E-state index contributed by atoms with van der Waals surface area (Å²) in [6, 6.07) is 17.0. The Balaban J connectivity index is 1.72. The molecule has 1 N–H and O–H groups in total. The molecular formula is C17H17N5O. The maximum absolute atomic E-state index is 12.2. The summed E-state index contributed by atoms with van der Waals surface area (Å²) in [6.45, 7) is 0. The fourth-order valence-corrected chi connectivity index (χ4v) is 2.09. The monoisotopic (exact) mass is 307 g/mol. The third-order valence-electron chi connectivity index (χ3n) is 3.35. The Hall–Kier alpha value is -3.15. The summed E-state index contributed by atoms with van der Waals surface area (Å²) in [5.41, 5.74) is 2.86. The maximum atomic E-state index is 12.2. The van der Waals surface area contributed by atoms with Crippen molar-refractivity contribution in [2.24, 2.45) is 0 Å². The first-order valence-electron chi connectivity index (χ1n) is 7.20. The fourth-order valence-electron chi connectivity index (χ4n) is 2.09. The van der Waals surface area contributed by atoms with E-state index in [4.69, 9.17) is 0 Å². The molecule has 3 rings (SSSR count). The van der Waals surface area contributed by atoms with Crippen molar-refractivity contribution in [2.75, 3.05) is 24.3 Å². The van der Waals surface area contributed by atoms with Gasteiger partial charge in [-0.2, -0.15) is 9.90 Å². The predicted octanol–water partition coefficient (Wildman–Crippen LogP) is 2.59. The van der Waals surface area contributed by atoms with Gasteiger partial charge in [0.1, 0.15) is 0 Å². The van der Waals surface area contributed by atoms with Crippen LogP contribution in [0.4, 0.5) is 11.4 Å². The number of nitrogens with one attached hydrogen (secondary N) is 1. The normalized spacial score (nSPS) is 10.3. The maximum Gasteiger partial charge on any atom is 0.277 e. The predicted molar refractivity (Wildman–Crippen MR) is 90.1 cm³/mol. The molecule has 0 spiro atoms. The van der Waals surface area contributed by atoms with Gasteiger partial charge in [0.15, 0.2) is 5.69 Å². The lowest BCUT2D eigenvalue weighted by Crippen LogP contribution is -2.13. The van der Waals surface area contributed by atoms with Crippen molar-refractivity contribution in [3.63, 3.8) is 0 Å². The van der Waals surface area contributed by atoms with Gasteiger partial charge in [-0.15, -0.1) is 5.10 Å². The minimum absolute atomic E-state index is 0.269. The molecule has 0 aliphatic carbocycles. The van der Waals surface area contributed by atoms with E-state index in [0.717, 1.165) is 17.1 Å². The number of nitrogens with zero attached hydrogens (tertiary/aromatic N) is 4. The molecule has 2 aromatic carbocycles. The number of anilines is 2. The molecule has 1 aromatic heterocycles. The van der Waals surface area contributed by atoms with Crippen LogP contribution in [0.2, 0.25) is 0 Å². The average Bonchev–Trinajstić information content (AvgIpc) is 3.06. The van der Waals surface area contributed by atoms with Crippen molar-refractivity contribution in [3.8, 4) is 5.69 Å². The molecule has 0 atom stereocenters. The van der Waals surface area contributed by atoms with E-state index >= 15 is 0 Å². The van der Waals surface area contributed by atoms with Gasteiger partial charge in [0.2, 0.25) is 0 Å². The minimum atomic E-state index is -0.287. The summed E-state index contributed by atoms with van der Waals surface area (Å²) in [6.07, 6.45) is 1.45. The van der Waals surface area contributed by atoms with E-state index in [1.165, 1.54) is 11.0 Å². The minimum Gasteiger partial charge on any atom is -0.378 e. The molecule has 1 amide bonds. The van der Waals surface area contributed by atoms with Gasteiger partial charge in [-0.05, 0) is 36.4 Å². The number of hydrogen-bond donors (Lipinski definition) is 1. The van der Waals surface area contributed by atoms with Crippen molar-refractivity contribution in [1.82, 2.24) is 15.0 Å². The zero-order chi connectivity index (χ0) is 16.2. The average molecular weight is 307 g/mol. The van der Waals surface area contributed by atoms with Gasteiger partial charge >= 0.3 is 0 Å². The number of benzene rings is 2. The highest BCUT2D eigenvalue weighted by Crippen LogP contribution is 2.16. The molecule has 116 valence electrons. The van der Waals surface area contributed by atoms with Crippen LogP contribution in [0.15, 0.2) is 60.8 Å². The van der Waals surface area contributed by atoms with E-state index in [1.807, 2.05) is 73.6 Å².